The zero-order valence-corrected chi connectivity index (χ0v) is 33.7. The fourth-order valence-corrected chi connectivity index (χ4v) is 5.62. The lowest BCUT2D eigenvalue weighted by molar-refractivity contribution is -0.0461. The average Bonchev–Trinajstić information content (AvgIpc) is 3.85. The molecule has 0 saturated carbocycles. The van der Waals surface area contributed by atoms with E-state index in [1.165, 1.54) is 12.5 Å². The molecule has 0 fully saturated rings. The Morgan fingerprint density at radius 2 is 1.04 bits per heavy atom. The summed E-state index contributed by atoms with van der Waals surface area (Å²) in [5, 5.41) is 21.8. The fraction of sp³-hybridized carbons (Fsp3) is 0.455. The van der Waals surface area contributed by atoms with E-state index in [1.54, 1.807) is 38.5 Å². The molecule has 0 unspecified atom stereocenters. The number of aromatic nitrogens is 2. The van der Waals surface area contributed by atoms with E-state index in [2.05, 4.69) is 9.97 Å². The van der Waals surface area contributed by atoms with Gasteiger partial charge in [0.25, 0.3) is 0 Å². The number of nitrogens with zero attached hydrogens (tertiary/aromatic N) is 2. The SMILES string of the molecule is C/C=C/[C@H](O)C(C)(C)[C@@H]1C\C=C/C=C\C=C\[C@@H](OC)Cc2nc(co2)C(=O)O[C@H](C(C)(C)[C@@H](O)/C=C/C)C\C=C/C=C\C=C\[C@@H](OC)Cc2nc(co2)C(=O)O1. The van der Waals surface area contributed by atoms with Crippen molar-refractivity contribution in [2.24, 2.45) is 10.8 Å². The van der Waals surface area contributed by atoms with E-state index < -0.39 is 59.4 Å². The van der Waals surface area contributed by atoms with Gasteiger partial charge in [0.2, 0.25) is 0 Å². The lowest BCUT2D eigenvalue weighted by Crippen LogP contribution is -2.42. The summed E-state index contributed by atoms with van der Waals surface area (Å²) >= 11 is 0. The van der Waals surface area contributed by atoms with Crippen molar-refractivity contribution in [2.75, 3.05) is 14.2 Å². The van der Waals surface area contributed by atoms with Crippen LogP contribution in [0, 0.1) is 10.8 Å². The second-order valence-corrected chi connectivity index (χ2v) is 14.4. The smallest absolute Gasteiger partial charge is 0.360 e. The van der Waals surface area contributed by atoms with Gasteiger partial charge < -0.3 is 38.0 Å². The summed E-state index contributed by atoms with van der Waals surface area (Å²) in [6.45, 7) is 11.0. The minimum absolute atomic E-state index is 0.0120. The minimum atomic E-state index is -0.880. The zero-order valence-electron chi connectivity index (χ0n) is 33.7. The van der Waals surface area contributed by atoms with E-state index in [0.717, 1.165) is 0 Å². The van der Waals surface area contributed by atoms with E-state index in [1.807, 2.05) is 114 Å². The van der Waals surface area contributed by atoms with Crippen molar-refractivity contribution < 1.29 is 47.6 Å². The quantitative estimate of drug-likeness (QED) is 0.200. The molecule has 0 saturated heterocycles. The second kappa shape index (κ2) is 22.6. The van der Waals surface area contributed by atoms with Crippen molar-refractivity contribution in [3.63, 3.8) is 0 Å². The average molecular weight is 775 g/mol. The first-order chi connectivity index (χ1) is 26.8. The third kappa shape index (κ3) is 13.7. The van der Waals surface area contributed by atoms with Crippen molar-refractivity contribution in [1.82, 2.24) is 9.97 Å². The maximum Gasteiger partial charge on any atom is 0.360 e. The molecule has 3 heterocycles. The number of ether oxygens (including phenoxy) is 4. The molecule has 1 aliphatic heterocycles. The Kier molecular flexibility index (Phi) is 18.4. The fourth-order valence-electron chi connectivity index (χ4n) is 5.62. The molecule has 56 heavy (non-hydrogen) atoms. The predicted molar refractivity (Wildman–Crippen MR) is 214 cm³/mol. The van der Waals surface area contributed by atoms with Gasteiger partial charge >= 0.3 is 11.9 Å². The molecular weight excluding hydrogens is 716 g/mol. The van der Waals surface area contributed by atoms with Gasteiger partial charge in [0.15, 0.2) is 23.2 Å². The van der Waals surface area contributed by atoms with Gasteiger partial charge in [-0.1, -0.05) is 125 Å². The third-order valence-corrected chi connectivity index (χ3v) is 9.60. The van der Waals surface area contributed by atoms with E-state index in [0.29, 0.717) is 24.6 Å². The maximum absolute atomic E-state index is 13.3. The monoisotopic (exact) mass is 774 g/mol. The maximum atomic E-state index is 13.3. The summed E-state index contributed by atoms with van der Waals surface area (Å²) in [5.41, 5.74) is -1.66. The van der Waals surface area contributed by atoms with Crippen LogP contribution < -0.4 is 0 Å². The number of hydrogen-bond acceptors (Lipinski definition) is 12. The Hall–Kier alpha value is -4.88. The molecule has 0 aliphatic carbocycles. The second-order valence-electron chi connectivity index (χ2n) is 14.4. The number of fused-ring (bicyclic) bond motifs is 4. The van der Waals surface area contributed by atoms with Gasteiger partial charge in [-0.15, -0.1) is 0 Å². The highest BCUT2D eigenvalue weighted by Crippen LogP contribution is 2.33. The topological polar surface area (TPSA) is 164 Å². The van der Waals surface area contributed by atoms with Gasteiger partial charge in [-0.25, -0.2) is 19.6 Å². The van der Waals surface area contributed by atoms with Gasteiger partial charge in [0, 0.05) is 37.9 Å². The number of methoxy groups -OCH3 is 2. The molecular formula is C44H58N2O10. The van der Waals surface area contributed by atoms with Crippen LogP contribution in [0.2, 0.25) is 0 Å². The number of hydrogen-bond donors (Lipinski definition) is 2. The van der Waals surface area contributed by atoms with Crippen LogP contribution in [0.1, 0.15) is 87.1 Å². The number of cyclic esters (lactones) is 2. The Morgan fingerprint density at radius 3 is 1.39 bits per heavy atom. The number of rotatable bonds is 8. The predicted octanol–water partition coefficient (Wildman–Crippen LogP) is 7.59. The van der Waals surface area contributed by atoms with Crippen LogP contribution in [0.25, 0.3) is 0 Å². The highest BCUT2D eigenvalue weighted by atomic mass is 16.6. The molecule has 6 atom stereocenters. The van der Waals surface area contributed by atoms with Crippen LogP contribution in [0.5, 0.6) is 0 Å². The molecule has 0 amide bonds. The van der Waals surface area contributed by atoms with Crippen molar-refractivity contribution in [3.8, 4) is 0 Å². The van der Waals surface area contributed by atoms with Crippen LogP contribution in [0.15, 0.2) is 119 Å². The Bertz CT molecular complexity index is 1640. The van der Waals surface area contributed by atoms with E-state index in [-0.39, 0.29) is 24.2 Å². The van der Waals surface area contributed by atoms with Crippen LogP contribution >= 0.6 is 0 Å². The summed E-state index contributed by atoms with van der Waals surface area (Å²) in [6, 6.07) is 0. The first-order valence-electron chi connectivity index (χ1n) is 18.7. The molecule has 0 spiro atoms. The molecule has 12 heteroatoms. The van der Waals surface area contributed by atoms with Gasteiger partial charge in [-0.3, -0.25) is 0 Å². The van der Waals surface area contributed by atoms with Crippen LogP contribution in [0.3, 0.4) is 0 Å². The molecule has 2 aromatic heterocycles. The summed E-state index contributed by atoms with van der Waals surface area (Å²) in [6.07, 6.45) is 28.4. The lowest BCUT2D eigenvalue weighted by Gasteiger charge is -2.36. The molecule has 2 aromatic rings. The highest BCUT2D eigenvalue weighted by Gasteiger charge is 2.39. The van der Waals surface area contributed by atoms with Crippen molar-refractivity contribution in [3.05, 3.63) is 133 Å². The summed E-state index contributed by atoms with van der Waals surface area (Å²) in [4.78, 5) is 35.3. The van der Waals surface area contributed by atoms with Gasteiger partial charge in [0.1, 0.15) is 24.7 Å². The molecule has 3 rings (SSSR count). The Labute approximate surface area is 330 Å². The summed E-state index contributed by atoms with van der Waals surface area (Å²) in [7, 11) is 3.12. The summed E-state index contributed by atoms with van der Waals surface area (Å²) in [5.74, 6) is -0.754. The first-order valence-corrected chi connectivity index (χ1v) is 18.7. The normalized spacial score (nSPS) is 26.1. The first kappa shape index (κ1) is 45.5. The molecule has 4 bridgehead atoms. The van der Waals surface area contributed by atoms with Crippen LogP contribution in [-0.4, -0.2) is 83.0 Å². The molecule has 2 N–H and O–H groups in total. The number of allylic oxidation sites excluding steroid dienone is 10. The van der Waals surface area contributed by atoms with Gasteiger partial charge in [-0.05, 0) is 13.8 Å². The largest absolute Gasteiger partial charge is 0.457 e. The van der Waals surface area contributed by atoms with E-state index >= 15 is 0 Å². The number of esters is 2. The number of oxazole rings is 2. The van der Waals surface area contributed by atoms with Crippen LogP contribution in [-0.2, 0) is 31.8 Å². The number of aliphatic hydroxyl groups is 2. The van der Waals surface area contributed by atoms with Crippen LogP contribution in [0.4, 0.5) is 0 Å². The molecule has 1 aliphatic rings. The Morgan fingerprint density at radius 1 is 0.661 bits per heavy atom. The number of carbonyl (C=O) groups excluding carboxylic acids is 2. The molecule has 0 radical (unpaired) electrons. The molecule has 0 aromatic carbocycles. The number of carbonyl (C=O) groups is 2. The minimum Gasteiger partial charge on any atom is -0.457 e. The van der Waals surface area contributed by atoms with Gasteiger partial charge in [-0.2, -0.15) is 0 Å². The third-order valence-electron chi connectivity index (χ3n) is 9.60. The van der Waals surface area contributed by atoms with Crippen molar-refractivity contribution in [2.45, 2.75) is 104 Å². The van der Waals surface area contributed by atoms with Gasteiger partial charge in [0.05, 0.1) is 37.3 Å². The highest BCUT2D eigenvalue weighted by molar-refractivity contribution is 5.87. The lowest BCUT2D eigenvalue weighted by atomic mass is 9.79. The Balaban J connectivity index is 1.93. The molecule has 304 valence electrons. The summed E-state index contributed by atoms with van der Waals surface area (Å²) < 4.78 is 34.3. The molecule has 12 nitrogen and oxygen atoms in total. The van der Waals surface area contributed by atoms with Crippen molar-refractivity contribution >= 4 is 11.9 Å². The number of aliphatic hydroxyl groups excluding tert-OH is 2. The zero-order chi connectivity index (χ0) is 41.1. The van der Waals surface area contributed by atoms with E-state index in [4.69, 9.17) is 27.8 Å². The van der Waals surface area contributed by atoms with E-state index in [9.17, 15) is 19.8 Å². The van der Waals surface area contributed by atoms with Crippen molar-refractivity contribution in [1.29, 1.82) is 0 Å². The standard InChI is InChI=1S/C44H58N2O10/c1-9-21-35(47)43(3,4)37-25-19-15-11-13-17-23-32(52-8)28-40-46-34(30-54-40)42(50)56-38(44(5,6)36(48)22-10-2)26-20-16-12-14-18-24-31(51-7)27-39-45-33(29-53-39)41(49)55-37/h9-24,29-32,35-38,47-48H,25-28H2,1-8H3/b13-11-,14-12-,19-15-,20-16-,21-9+,22-10+,23-17+,24-18+/t31-,32-,35+,36+,37+,38+/m1/s1.